The minimum Gasteiger partial charge on any atom is -0.310 e. The van der Waals surface area contributed by atoms with Gasteiger partial charge in [-0.05, 0) is 117 Å². The second kappa shape index (κ2) is 17.1. The fraction of sp³-hybridized carbons (Fsp3) is 0.108. The van der Waals surface area contributed by atoms with Crippen molar-refractivity contribution >= 4 is 110 Å². The van der Waals surface area contributed by atoms with Gasteiger partial charge in [-0.2, -0.15) is 0 Å². The molecule has 0 spiro atoms. The molecule has 78 heavy (non-hydrogen) atoms. The molecule has 0 saturated heterocycles. The Balaban J connectivity index is 1.03. The third-order valence-corrected chi connectivity index (χ3v) is 16.6. The highest BCUT2D eigenvalue weighted by Crippen LogP contribution is 2.53. The lowest BCUT2D eigenvalue weighted by molar-refractivity contribution is 0.594. The number of aromatic nitrogens is 2. The molecule has 4 nitrogen and oxygen atoms in total. The number of para-hydroxylation sites is 4. The zero-order valence-electron chi connectivity index (χ0n) is 44.9. The van der Waals surface area contributed by atoms with E-state index in [4.69, 9.17) is 0 Å². The van der Waals surface area contributed by atoms with Crippen molar-refractivity contribution in [1.82, 2.24) is 8.80 Å². The van der Waals surface area contributed by atoms with E-state index in [9.17, 15) is 0 Å². The molecule has 15 aromatic rings. The van der Waals surface area contributed by atoms with Crippen LogP contribution < -0.4 is 9.80 Å². The van der Waals surface area contributed by atoms with Gasteiger partial charge in [0.25, 0.3) is 0 Å². The van der Waals surface area contributed by atoms with Crippen molar-refractivity contribution in [3.05, 3.63) is 254 Å². The summed E-state index contributed by atoms with van der Waals surface area (Å²) in [6, 6.07) is 89.9. The first-order chi connectivity index (χ1) is 38.0. The standard InChI is InChI=1S/C74H58N4/c1-73(2,3)61-31-19-29-57-67-63(75(51-25-15-9-16-26-51)53-37-33-49(34-38-53)47-21-11-7-12-22-47)43-41-55-59-46-66-60(45-65(59)77(69(57)61)71(55)67)56-42-44-64(68-58-30-20-32-62(74(4,5)6)70(58)78(66)72(56)68)76(52-27-17-10-18-28-52)54-39-35-50(36-40-54)48-23-13-8-14-24-48/h7-46H,1-6H3. The molecule has 0 atom stereocenters. The molecule has 0 N–H and O–H groups in total. The van der Waals surface area contributed by atoms with Crippen LogP contribution in [0.2, 0.25) is 0 Å². The van der Waals surface area contributed by atoms with Gasteiger partial charge >= 0.3 is 0 Å². The van der Waals surface area contributed by atoms with Crippen LogP contribution in [0.4, 0.5) is 34.1 Å². The molecule has 0 saturated carbocycles. The SMILES string of the molecule is CC(C)(C)c1cccc2c3c(N(c4ccccc4)c4ccc(-c5ccccc5)cc4)ccc4c5cc6c(cc5n(c12)c43)c1ccc(N(c2ccccc2)c2ccc(-c3ccccc3)cc2)c2c3cccc(C(C)(C)C)c3n6c12. The van der Waals surface area contributed by atoms with E-state index in [0.717, 1.165) is 34.1 Å². The molecule has 0 amide bonds. The van der Waals surface area contributed by atoms with Gasteiger partial charge in [-0.25, -0.2) is 0 Å². The normalized spacial score (nSPS) is 12.5. The largest absolute Gasteiger partial charge is 0.310 e. The summed E-state index contributed by atoms with van der Waals surface area (Å²) in [5, 5.41) is 10.1. The fourth-order valence-electron chi connectivity index (χ4n) is 13.1. The summed E-state index contributed by atoms with van der Waals surface area (Å²) >= 11 is 0. The molecule has 0 aliphatic carbocycles. The Morgan fingerprint density at radius 1 is 0.269 bits per heavy atom. The average molecular weight is 1000 g/mol. The lowest BCUT2D eigenvalue weighted by atomic mass is 9.85. The molecule has 4 heteroatoms. The monoisotopic (exact) mass is 1000 g/mol. The van der Waals surface area contributed by atoms with E-state index in [1.54, 1.807) is 0 Å². The van der Waals surface area contributed by atoms with Crippen molar-refractivity contribution in [2.24, 2.45) is 0 Å². The highest BCUT2D eigenvalue weighted by molar-refractivity contribution is 6.32. The van der Waals surface area contributed by atoms with Crippen molar-refractivity contribution in [2.45, 2.75) is 52.4 Å². The molecule has 0 fully saturated rings. The van der Waals surface area contributed by atoms with Crippen LogP contribution in [0.15, 0.2) is 243 Å². The Kier molecular flexibility index (Phi) is 10.1. The van der Waals surface area contributed by atoms with Crippen molar-refractivity contribution < 1.29 is 0 Å². The van der Waals surface area contributed by atoms with Crippen molar-refractivity contribution in [1.29, 1.82) is 0 Å². The number of rotatable bonds is 8. The maximum absolute atomic E-state index is 2.63. The first-order valence-electron chi connectivity index (χ1n) is 27.4. The Bertz CT molecular complexity index is 4440. The van der Waals surface area contributed by atoms with E-state index in [1.807, 2.05) is 0 Å². The zero-order valence-corrected chi connectivity index (χ0v) is 44.9. The van der Waals surface area contributed by atoms with Gasteiger partial charge in [0.2, 0.25) is 0 Å². The van der Waals surface area contributed by atoms with Crippen molar-refractivity contribution in [2.75, 3.05) is 9.80 Å². The van der Waals surface area contributed by atoms with Gasteiger partial charge in [-0.3, -0.25) is 0 Å². The molecule has 0 unspecified atom stereocenters. The summed E-state index contributed by atoms with van der Waals surface area (Å²) in [5.41, 5.74) is 21.5. The van der Waals surface area contributed by atoms with Gasteiger partial charge in [0.05, 0.1) is 44.5 Å². The lowest BCUT2D eigenvalue weighted by Crippen LogP contribution is -2.12. The molecule has 4 heterocycles. The minimum atomic E-state index is -0.130. The van der Waals surface area contributed by atoms with Crippen LogP contribution in [0.3, 0.4) is 0 Å². The summed E-state index contributed by atoms with van der Waals surface area (Å²) in [4.78, 5) is 4.93. The summed E-state index contributed by atoms with van der Waals surface area (Å²) < 4.78 is 5.27. The molecule has 374 valence electrons. The van der Waals surface area contributed by atoms with Gasteiger partial charge in [0.1, 0.15) is 0 Å². The molecule has 15 rings (SSSR count). The van der Waals surface area contributed by atoms with E-state index in [1.165, 1.54) is 110 Å². The lowest BCUT2D eigenvalue weighted by Gasteiger charge is -2.27. The van der Waals surface area contributed by atoms with Crippen LogP contribution in [-0.4, -0.2) is 8.80 Å². The highest BCUT2D eigenvalue weighted by Gasteiger charge is 2.31. The number of fused-ring (bicyclic) bond motifs is 12. The maximum Gasteiger partial charge on any atom is 0.0641 e. The molecular weight excluding hydrogens is 945 g/mol. The predicted octanol–water partition coefficient (Wildman–Crippen LogP) is 20.9. The summed E-state index contributed by atoms with van der Waals surface area (Å²) in [7, 11) is 0. The molecule has 4 aromatic heterocycles. The average Bonchev–Trinajstić information content (AvgIpc) is 4.14. The molecule has 0 aliphatic heterocycles. The third kappa shape index (κ3) is 6.85. The van der Waals surface area contributed by atoms with E-state index in [0.29, 0.717) is 0 Å². The quantitative estimate of drug-likeness (QED) is 0.151. The molecule has 0 aliphatic rings. The van der Waals surface area contributed by atoms with Gasteiger partial charge in [0, 0.05) is 65.8 Å². The number of benzene rings is 11. The van der Waals surface area contributed by atoms with Crippen molar-refractivity contribution in [3.63, 3.8) is 0 Å². The van der Waals surface area contributed by atoms with Crippen LogP contribution in [0.1, 0.15) is 52.7 Å². The molecule has 0 bridgehead atoms. The Morgan fingerprint density at radius 2 is 0.603 bits per heavy atom. The number of hydrogen-bond acceptors (Lipinski definition) is 2. The first kappa shape index (κ1) is 46.0. The summed E-state index contributed by atoms with van der Waals surface area (Å²) in [6.45, 7) is 14.2. The van der Waals surface area contributed by atoms with Crippen LogP contribution in [0.25, 0.3) is 98.4 Å². The smallest absolute Gasteiger partial charge is 0.0641 e. The zero-order chi connectivity index (χ0) is 52.6. The fourth-order valence-corrected chi connectivity index (χ4v) is 13.1. The molecule has 11 aromatic carbocycles. The number of nitrogens with zero attached hydrogens (tertiary/aromatic N) is 4. The van der Waals surface area contributed by atoms with Crippen LogP contribution in [0, 0.1) is 0 Å². The molecule has 0 radical (unpaired) electrons. The van der Waals surface area contributed by atoms with E-state index < -0.39 is 0 Å². The highest BCUT2D eigenvalue weighted by atomic mass is 15.2. The first-order valence-corrected chi connectivity index (χ1v) is 27.4. The van der Waals surface area contributed by atoms with E-state index in [2.05, 4.69) is 303 Å². The van der Waals surface area contributed by atoms with Crippen LogP contribution in [-0.2, 0) is 10.8 Å². The van der Waals surface area contributed by atoms with Gasteiger partial charge in [0.15, 0.2) is 0 Å². The Morgan fingerprint density at radius 3 is 0.962 bits per heavy atom. The van der Waals surface area contributed by atoms with Gasteiger partial charge in [-0.1, -0.05) is 211 Å². The number of hydrogen-bond donors (Lipinski definition) is 0. The Hall–Kier alpha value is -9.38. The maximum atomic E-state index is 2.63. The van der Waals surface area contributed by atoms with Crippen LogP contribution in [0.5, 0.6) is 0 Å². The minimum absolute atomic E-state index is 0.130. The summed E-state index contributed by atoms with van der Waals surface area (Å²) in [5.74, 6) is 0. The molecular formula is C74H58N4. The predicted molar refractivity (Wildman–Crippen MR) is 333 cm³/mol. The topological polar surface area (TPSA) is 15.3 Å². The van der Waals surface area contributed by atoms with Gasteiger partial charge in [-0.15, -0.1) is 0 Å². The van der Waals surface area contributed by atoms with Crippen LogP contribution >= 0.6 is 0 Å². The second-order valence-corrected chi connectivity index (χ2v) is 23.3. The van der Waals surface area contributed by atoms with Crippen molar-refractivity contribution in [3.8, 4) is 22.3 Å². The van der Waals surface area contributed by atoms with E-state index in [-0.39, 0.29) is 10.8 Å². The van der Waals surface area contributed by atoms with Gasteiger partial charge < -0.3 is 18.6 Å². The number of anilines is 6. The second-order valence-electron chi connectivity index (χ2n) is 23.3. The summed E-state index contributed by atoms with van der Waals surface area (Å²) in [6.07, 6.45) is 0. The Labute approximate surface area is 454 Å². The van der Waals surface area contributed by atoms with E-state index >= 15 is 0 Å². The third-order valence-electron chi connectivity index (χ3n) is 16.6.